The van der Waals surface area contributed by atoms with E-state index in [4.69, 9.17) is 10.4 Å². The average Bonchev–Trinajstić information content (AvgIpc) is 3.32. The normalized spacial score (nSPS) is 14.4. The van der Waals surface area contributed by atoms with E-state index >= 15 is 0 Å². The summed E-state index contributed by atoms with van der Waals surface area (Å²) in [5.74, 6) is 0.757. The first kappa shape index (κ1) is 26.1. The Labute approximate surface area is 218 Å². The molecular formula is C30H34FN5O. The van der Waals surface area contributed by atoms with E-state index in [0.29, 0.717) is 37.8 Å². The van der Waals surface area contributed by atoms with Crippen LogP contribution in [0.1, 0.15) is 31.7 Å². The van der Waals surface area contributed by atoms with Crippen molar-refractivity contribution in [1.29, 1.82) is 5.41 Å². The largest absolute Gasteiger partial charge is 0.354 e. The Kier molecular flexibility index (Phi) is 8.33. The number of aryl methyl sites for hydroxylation is 1. The first-order valence-corrected chi connectivity index (χ1v) is 12.7. The lowest BCUT2D eigenvalue weighted by Gasteiger charge is -2.35. The number of amidine groups is 1. The van der Waals surface area contributed by atoms with Crippen LogP contribution in [0.4, 0.5) is 4.39 Å². The second-order valence-corrected chi connectivity index (χ2v) is 9.41. The number of rotatable bonds is 7. The first-order chi connectivity index (χ1) is 17.8. The van der Waals surface area contributed by atoms with E-state index in [9.17, 15) is 9.18 Å². The smallest absolute Gasteiger partial charge is 0.230 e. The lowest BCUT2D eigenvalue weighted by atomic mass is 10.1. The molecule has 4 rings (SSSR count). The van der Waals surface area contributed by atoms with Crippen LogP contribution >= 0.6 is 0 Å². The molecule has 7 heteroatoms. The number of allylic oxidation sites excluding steroid dienone is 3. The van der Waals surface area contributed by atoms with E-state index in [2.05, 4.69) is 13.8 Å². The van der Waals surface area contributed by atoms with Gasteiger partial charge in [-0.3, -0.25) is 10.2 Å². The van der Waals surface area contributed by atoms with Crippen LogP contribution in [0.25, 0.3) is 16.9 Å². The maximum Gasteiger partial charge on any atom is 0.230 e. The number of hydrogen-bond donors (Lipinski definition) is 1. The minimum atomic E-state index is -0.310. The minimum absolute atomic E-state index is 0.00681. The number of imidazole rings is 1. The Bertz CT molecular complexity index is 1300. The molecule has 1 amide bonds. The molecule has 0 radical (unpaired) electrons. The third-order valence-corrected chi connectivity index (χ3v) is 6.71. The summed E-state index contributed by atoms with van der Waals surface area (Å²) in [6, 6.07) is 14.3. The number of piperazine rings is 1. The summed E-state index contributed by atoms with van der Waals surface area (Å²) in [5, 5.41) is 8.34. The van der Waals surface area contributed by atoms with Crippen molar-refractivity contribution in [3.8, 4) is 16.9 Å². The highest BCUT2D eigenvalue weighted by Crippen LogP contribution is 2.23. The quantitative estimate of drug-likeness (QED) is 0.263. The summed E-state index contributed by atoms with van der Waals surface area (Å²) in [7, 11) is 0. The summed E-state index contributed by atoms with van der Waals surface area (Å²) < 4.78 is 15.4. The number of carbonyl (C=O) groups excluding carboxylic acids is 1. The number of benzene rings is 2. The van der Waals surface area contributed by atoms with Crippen LogP contribution in [-0.4, -0.2) is 57.3 Å². The molecule has 0 atom stereocenters. The Morgan fingerprint density at radius 1 is 1.03 bits per heavy atom. The third kappa shape index (κ3) is 6.61. The molecule has 192 valence electrons. The lowest BCUT2D eigenvalue weighted by Crippen LogP contribution is -2.50. The molecule has 0 unspecified atom stereocenters. The van der Waals surface area contributed by atoms with Gasteiger partial charge in [0.15, 0.2) is 0 Å². The zero-order valence-corrected chi connectivity index (χ0v) is 21.7. The van der Waals surface area contributed by atoms with Crippen molar-refractivity contribution in [2.45, 2.75) is 33.6 Å². The highest BCUT2D eigenvalue weighted by Gasteiger charge is 2.24. The summed E-state index contributed by atoms with van der Waals surface area (Å²) in [4.78, 5) is 21.9. The lowest BCUT2D eigenvalue weighted by molar-refractivity contribution is -0.131. The van der Waals surface area contributed by atoms with E-state index in [0.717, 1.165) is 28.9 Å². The molecular weight excluding hydrogens is 465 g/mol. The van der Waals surface area contributed by atoms with Crippen LogP contribution in [0.3, 0.4) is 0 Å². The molecule has 0 saturated carbocycles. The monoisotopic (exact) mass is 499 g/mol. The molecule has 0 bridgehead atoms. The van der Waals surface area contributed by atoms with E-state index in [-0.39, 0.29) is 18.1 Å². The van der Waals surface area contributed by atoms with Crippen molar-refractivity contribution >= 4 is 11.7 Å². The van der Waals surface area contributed by atoms with Crippen LogP contribution in [0.5, 0.6) is 0 Å². The molecule has 2 aromatic carbocycles. The van der Waals surface area contributed by atoms with Crippen molar-refractivity contribution in [2.24, 2.45) is 0 Å². The van der Waals surface area contributed by atoms with Gasteiger partial charge in [-0.25, -0.2) is 9.37 Å². The van der Waals surface area contributed by atoms with Gasteiger partial charge < -0.3 is 14.4 Å². The van der Waals surface area contributed by atoms with Gasteiger partial charge in [0, 0.05) is 43.6 Å². The average molecular weight is 500 g/mol. The van der Waals surface area contributed by atoms with Crippen molar-refractivity contribution in [3.63, 3.8) is 0 Å². The third-order valence-electron chi connectivity index (χ3n) is 6.71. The fourth-order valence-electron chi connectivity index (χ4n) is 4.20. The van der Waals surface area contributed by atoms with Crippen molar-refractivity contribution in [3.05, 3.63) is 95.7 Å². The number of nitrogens with zero attached hydrogens (tertiary/aromatic N) is 4. The van der Waals surface area contributed by atoms with Crippen LogP contribution in [0.15, 0.2) is 78.5 Å². The number of amides is 1. The van der Waals surface area contributed by atoms with Crippen LogP contribution in [-0.2, 0) is 11.2 Å². The van der Waals surface area contributed by atoms with Crippen LogP contribution < -0.4 is 0 Å². The molecule has 37 heavy (non-hydrogen) atoms. The summed E-state index contributed by atoms with van der Waals surface area (Å²) in [6.45, 7) is 8.56. The van der Waals surface area contributed by atoms with Gasteiger partial charge >= 0.3 is 0 Å². The van der Waals surface area contributed by atoms with E-state index < -0.39 is 0 Å². The Morgan fingerprint density at radius 2 is 1.68 bits per heavy atom. The molecule has 1 aliphatic rings. The molecule has 1 saturated heterocycles. The summed E-state index contributed by atoms with van der Waals surface area (Å²) >= 11 is 0. The molecule has 0 spiro atoms. The van der Waals surface area contributed by atoms with Gasteiger partial charge in [-0.05, 0) is 50.6 Å². The topological polar surface area (TPSA) is 65.2 Å². The van der Waals surface area contributed by atoms with Crippen LogP contribution in [0, 0.1) is 18.2 Å². The molecule has 6 nitrogen and oxygen atoms in total. The fourth-order valence-corrected chi connectivity index (χ4v) is 4.20. The van der Waals surface area contributed by atoms with Crippen molar-refractivity contribution in [2.75, 3.05) is 26.2 Å². The van der Waals surface area contributed by atoms with Crippen LogP contribution in [0.2, 0.25) is 0 Å². The van der Waals surface area contributed by atoms with Gasteiger partial charge in [0.2, 0.25) is 5.91 Å². The zero-order valence-electron chi connectivity index (χ0n) is 21.7. The van der Waals surface area contributed by atoms with Gasteiger partial charge in [0.25, 0.3) is 0 Å². The molecule has 1 aliphatic heterocycles. The fraction of sp³-hybridized carbons (Fsp3) is 0.300. The predicted molar refractivity (Wildman–Crippen MR) is 146 cm³/mol. The van der Waals surface area contributed by atoms with E-state index in [1.165, 1.54) is 17.7 Å². The second-order valence-electron chi connectivity index (χ2n) is 9.41. The SMILES string of the molecule is CCC(C)=CC=CC(=N)N1CCN(C(=O)Cc2nc(-c3ccc(C)cc3)cn2-c2ccc(F)cc2)CC1. The second kappa shape index (κ2) is 11.8. The Morgan fingerprint density at radius 3 is 2.32 bits per heavy atom. The van der Waals surface area contributed by atoms with Crippen molar-refractivity contribution < 1.29 is 9.18 Å². The Balaban J connectivity index is 1.47. The number of nitrogens with one attached hydrogen (secondary N) is 1. The number of carbonyl (C=O) groups is 1. The highest BCUT2D eigenvalue weighted by atomic mass is 19.1. The highest BCUT2D eigenvalue weighted by molar-refractivity contribution is 5.90. The maximum absolute atomic E-state index is 13.6. The molecule has 1 fully saturated rings. The van der Waals surface area contributed by atoms with E-state index in [1.807, 2.05) is 70.0 Å². The van der Waals surface area contributed by atoms with Gasteiger partial charge in [0.05, 0.1) is 12.1 Å². The number of aromatic nitrogens is 2. The summed E-state index contributed by atoms with van der Waals surface area (Å²) in [5.41, 5.74) is 4.91. The molecule has 1 N–H and O–H groups in total. The number of hydrogen-bond acceptors (Lipinski definition) is 3. The minimum Gasteiger partial charge on any atom is -0.354 e. The molecule has 1 aromatic heterocycles. The Hall–Kier alpha value is -4.00. The van der Waals surface area contributed by atoms with Crippen molar-refractivity contribution in [1.82, 2.24) is 19.4 Å². The standard InChI is InChI=1S/C30H34FN5O/c1-4-22(2)6-5-7-28(32)34-16-18-35(19-17-34)30(37)20-29-33-27(24-10-8-23(3)9-11-24)21-36(29)26-14-12-25(31)13-15-26/h5-15,21,32H,4,16-20H2,1-3H3. The summed E-state index contributed by atoms with van der Waals surface area (Å²) in [6.07, 6.45) is 8.79. The molecule has 2 heterocycles. The van der Waals surface area contributed by atoms with Gasteiger partial charge in [0.1, 0.15) is 17.5 Å². The van der Waals surface area contributed by atoms with E-state index in [1.54, 1.807) is 12.1 Å². The van der Waals surface area contributed by atoms with Gasteiger partial charge in [-0.2, -0.15) is 0 Å². The molecule has 3 aromatic rings. The maximum atomic E-state index is 13.6. The number of halogens is 1. The molecule has 0 aliphatic carbocycles. The predicted octanol–water partition coefficient (Wildman–Crippen LogP) is 5.56. The van der Waals surface area contributed by atoms with Gasteiger partial charge in [-0.1, -0.05) is 54.5 Å². The zero-order chi connectivity index (χ0) is 26.4. The van der Waals surface area contributed by atoms with Gasteiger partial charge in [-0.15, -0.1) is 0 Å². The first-order valence-electron chi connectivity index (χ1n) is 12.7.